The van der Waals surface area contributed by atoms with Gasteiger partial charge < -0.3 is 9.84 Å². The highest BCUT2D eigenvalue weighted by Crippen LogP contribution is 2.30. The van der Waals surface area contributed by atoms with E-state index in [1.165, 1.54) is 11.6 Å². The predicted octanol–water partition coefficient (Wildman–Crippen LogP) is 4.91. The maximum Gasteiger partial charge on any atom is 0.344 e. The SMILES string of the molecule is C[C@H](Oc1cccc(CCCn2nc(C(c3ccccc3)c3ccccc3)ccc2=O)c1)C(=O)O. The molecule has 6 heteroatoms. The molecule has 0 aliphatic carbocycles. The molecule has 1 N–H and O–H groups in total. The number of carboxylic acids is 1. The van der Waals surface area contributed by atoms with Gasteiger partial charge in [0.05, 0.1) is 11.6 Å². The lowest BCUT2D eigenvalue weighted by molar-refractivity contribution is -0.144. The highest BCUT2D eigenvalue weighted by Gasteiger charge is 2.19. The van der Waals surface area contributed by atoms with E-state index in [-0.39, 0.29) is 11.5 Å². The molecule has 0 amide bonds. The molecule has 0 unspecified atom stereocenters. The number of hydrogen-bond donors (Lipinski definition) is 1. The zero-order valence-corrected chi connectivity index (χ0v) is 19.6. The van der Waals surface area contributed by atoms with E-state index in [4.69, 9.17) is 14.9 Å². The van der Waals surface area contributed by atoms with Gasteiger partial charge in [-0.25, -0.2) is 9.48 Å². The van der Waals surface area contributed by atoms with Gasteiger partial charge in [-0.15, -0.1) is 0 Å². The number of carbonyl (C=O) groups is 1. The molecule has 0 aliphatic rings. The summed E-state index contributed by atoms with van der Waals surface area (Å²) in [6, 6.07) is 31.1. The third-order valence-electron chi connectivity index (χ3n) is 5.84. The quantitative estimate of drug-likeness (QED) is 0.358. The van der Waals surface area contributed by atoms with Crippen LogP contribution >= 0.6 is 0 Å². The summed E-state index contributed by atoms with van der Waals surface area (Å²) in [5.41, 5.74) is 3.92. The molecule has 1 atom stereocenters. The van der Waals surface area contributed by atoms with Crippen molar-refractivity contribution in [1.29, 1.82) is 0 Å². The summed E-state index contributed by atoms with van der Waals surface area (Å²) < 4.78 is 6.99. The number of aromatic nitrogens is 2. The van der Waals surface area contributed by atoms with E-state index in [9.17, 15) is 9.59 Å². The van der Waals surface area contributed by atoms with Crippen LogP contribution in [0.3, 0.4) is 0 Å². The molecule has 0 spiro atoms. The van der Waals surface area contributed by atoms with Crippen LogP contribution in [0.4, 0.5) is 0 Å². The van der Waals surface area contributed by atoms with Crippen molar-refractivity contribution in [3.63, 3.8) is 0 Å². The number of aliphatic carboxylic acids is 1. The molecule has 0 fully saturated rings. The summed E-state index contributed by atoms with van der Waals surface area (Å²) in [5, 5.41) is 13.8. The van der Waals surface area contributed by atoms with Gasteiger partial charge in [0.15, 0.2) is 6.10 Å². The van der Waals surface area contributed by atoms with Crippen LogP contribution in [0.15, 0.2) is 102 Å². The number of carboxylic acid groups (broad SMARTS) is 1. The first-order valence-electron chi connectivity index (χ1n) is 11.7. The van der Waals surface area contributed by atoms with Crippen molar-refractivity contribution in [2.75, 3.05) is 0 Å². The first kappa shape index (κ1) is 24.0. The fourth-order valence-corrected chi connectivity index (χ4v) is 4.07. The molecule has 0 radical (unpaired) electrons. The minimum absolute atomic E-state index is 0.0747. The molecule has 6 nitrogen and oxygen atoms in total. The first-order valence-corrected chi connectivity index (χ1v) is 11.7. The lowest BCUT2D eigenvalue weighted by atomic mass is 9.88. The topological polar surface area (TPSA) is 81.4 Å². The normalized spacial score (nSPS) is 11.8. The van der Waals surface area contributed by atoms with Crippen molar-refractivity contribution in [1.82, 2.24) is 9.78 Å². The van der Waals surface area contributed by atoms with Crippen molar-refractivity contribution in [2.45, 2.75) is 38.3 Å². The van der Waals surface area contributed by atoms with Crippen LogP contribution < -0.4 is 10.3 Å². The van der Waals surface area contributed by atoms with Gasteiger partial charge in [0.2, 0.25) is 0 Å². The highest BCUT2D eigenvalue weighted by atomic mass is 16.5. The maximum atomic E-state index is 12.6. The van der Waals surface area contributed by atoms with E-state index in [2.05, 4.69) is 24.3 Å². The summed E-state index contributed by atoms with van der Waals surface area (Å²) in [6.07, 6.45) is 0.492. The molecule has 0 aliphatic heterocycles. The third-order valence-corrected chi connectivity index (χ3v) is 5.84. The van der Waals surface area contributed by atoms with Crippen molar-refractivity contribution in [2.24, 2.45) is 0 Å². The van der Waals surface area contributed by atoms with Gasteiger partial charge in [0.25, 0.3) is 5.56 Å². The van der Waals surface area contributed by atoms with Crippen LogP contribution in [0, 0.1) is 0 Å². The fourth-order valence-electron chi connectivity index (χ4n) is 4.07. The standard InChI is InChI=1S/C29H28N2O4/c1-21(29(33)34)35-25-16-8-10-22(20-25)11-9-19-31-27(32)18-17-26(30-31)28(23-12-4-2-5-13-23)24-14-6-3-7-15-24/h2-8,10,12-18,20-21,28H,9,11,19H2,1H3,(H,33,34)/t21-/m0/s1. The molecule has 35 heavy (non-hydrogen) atoms. The number of aryl methyl sites for hydroxylation is 2. The van der Waals surface area contributed by atoms with E-state index in [0.717, 1.165) is 22.4 Å². The average molecular weight is 469 g/mol. The van der Waals surface area contributed by atoms with E-state index >= 15 is 0 Å². The molecule has 4 rings (SSSR count). The van der Waals surface area contributed by atoms with Crippen LogP contribution in [0.1, 0.15) is 41.6 Å². The van der Waals surface area contributed by atoms with E-state index in [1.54, 1.807) is 12.1 Å². The van der Waals surface area contributed by atoms with Crippen molar-refractivity contribution < 1.29 is 14.6 Å². The highest BCUT2D eigenvalue weighted by molar-refractivity contribution is 5.72. The molecular weight excluding hydrogens is 440 g/mol. The minimum Gasteiger partial charge on any atom is -0.479 e. The molecule has 1 aromatic heterocycles. The summed E-state index contributed by atoms with van der Waals surface area (Å²) in [5.74, 6) is -0.567. The zero-order valence-electron chi connectivity index (χ0n) is 19.6. The Bertz CT molecular complexity index is 1280. The lowest BCUT2D eigenvalue weighted by Crippen LogP contribution is -2.24. The average Bonchev–Trinajstić information content (AvgIpc) is 2.87. The molecule has 0 bridgehead atoms. The summed E-state index contributed by atoms with van der Waals surface area (Å²) in [7, 11) is 0. The maximum absolute atomic E-state index is 12.6. The van der Waals surface area contributed by atoms with Crippen molar-refractivity contribution in [3.8, 4) is 5.75 Å². The van der Waals surface area contributed by atoms with Gasteiger partial charge in [-0.05, 0) is 54.7 Å². The monoisotopic (exact) mass is 468 g/mol. The van der Waals surface area contributed by atoms with E-state index in [1.807, 2.05) is 60.7 Å². The Morgan fingerprint density at radius 3 is 2.20 bits per heavy atom. The Balaban J connectivity index is 1.51. The Morgan fingerprint density at radius 2 is 1.57 bits per heavy atom. The van der Waals surface area contributed by atoms with Crippen LogP contribution in [0.5, 0.6) is 5.75 Å². The summed E-state index contributed by atoms with van der Waals surface area (Å²) in [4.78, 5) is 23.6. The van der Waals surface area contributed by atoms with E-state index in [0.29, 0.717) is 25.1 Å². The van der Waals surface area contributed by atoms with Gasteiger partial charge in [-0.2, -0.15) is 5.10 Å². The Morgan fingerprint density at radius 1 is 0.914 bits per heavy atom. The van der Waals surface area contributed by atoms with Crippen LogP contribution in [-0.2, 0) is 17.8 Å². The summed E-state index contributed by atoms with van der Waals surface area (Å²) in [6.45, 7) is 1.97. The fraction of sp³-hybridized carbons (Fsp3) is 0.207. The number of nitrogens with zero attached hydrogens (tertiary/aromatic N) is 2. The molecule has 1 heterocycles. The Kier molecular flexibility index (Phi) is 7.73. The van der Waals surface area contributed by atoms with Crippen LogP contribution in [-0.4, -0.2) is 27.0 Å². The molecule has 178 valence electrons. The largest absolute Gasteiger partial charge is 0.479 e. The number of ether oxygens (including phenoxy) is 1. The minimum atomic E-state index is -1.01. The third kappa shape index (κ3) is 6.23. The Labute approximate surface area is 204 Å². The second-order valence-electron chi connectivity index (χ2n) is 8.42. The molecular formula is C29H28N2O4. The lowest BCUT2D eigenvalue weighted by Gasteiger charge is -2.18. The van der Waals surface area contributed by atoms with Crippen LogP contribution in [0.2, 0.25) is 0 Å². The second kappa shape index (κ2) is 11.3. The van der Waals surface area contributed by atoms with Gasteiger partial charge in [0.1, 0.15) is 5.75 Å². The molecule has 3 aromatic carbocycles. The predicted molar refractivity (Wildman–Crippen MR) is 135 cm³/mol. The van der Waals surface area contributed by atoms with Gasteiger partial charge in [0, 0.05) is 12.6 Å². The number of rotatable bonds is 10. The van der Waals surface area contributed by atoms with Crippen molar-refractivity contribution in [3.05, 3.63) is 130 Å². The first-order chi connectivity index (χ1) is 17.0. The molecule has 0 saturated carbocycles. The van der Waals surface area contributed by atoms with Crippen LogP contribution in [0.25, 0.3) is 0 Å². The number of hydrogen-bond acceptors (Lipinski definition) is 4. The van der Waals surface area contributed by atoms with Gasteiger partial charge in [-0.1, -0.05) is 72.8 Å². The molecule has 0 saturated heterocycles. The van der Waals surface area contributed by atoms with Gasteiger partial charge in [-0.3, -0.25) is 4.79 Å². The zero-order chi connectivity index (χ0) is 24.6. The second-order valence-corrected chi connectivity index (χ2v) is 8.42. The van der Waals surface area contributed by atoms with E-state index < -0.39 is 12.1 Å². The Hall–Kier alpha value is -4.19. The smallest absolute Gasteiger partial charge is 0.344 e. The summed E-state index contributed by atoms with van der Waals surface area (Å²) >= 11 is 0. The number of benzene rings is 3. The van der Waals surface area contributed by atoms with Gasteiger partial charge >= 0.3 is 5.97 Å². The molecule has 4 aromatic rings. The van der Waals surface area contributed by atoms with Crippen molar-refractivity contribution >= 4 is 5.97 Å².